The summed E-state index contributed by atoms with van der Waals surface area (Å²) in [6.45, 7) is 0. The van der Waals surface area contributed by atoms with E-state index in [0.29, 0.717) is 11.0 Å². The lowest BCUT2D eigenvalue weighted by Gasteiger charge is -2.20. The molecule has 5 nitrogen and oxygen atoms in total. The second-order valence-corrected chi connectivity index (χ2v) is 7.35. The molecule has 1 heterocycles. The molecule has 1 aromatic heterocycles. The van der Waals surface area contributed by atoms with Crippen LogP contribution in [0.3, 0.4) is 0 Å². The normalized spacial score (nSPS) is 12.1. The van der Waals surface area contributed by atoms with Crippen LogP contribution < -0.4 is 5.63 Å². The number of non-ortho nitro benzene ring substituents is 1. The summed E-state index contributed by atoms with van der Waals surface area (Å²) < 4.78 is 5.83. The third kappa shape index (κ3) is 3.26. The minimum absolute atomic E-state index is 0.0333. The fourth-order valence-electron chi connectivity index (χ4n) is 4.14. The van der Waals surface area contributed by atoms with Crippen LogP contribution in [0.25, 0.3) is 21.7 Å². The smallest absolute Gasteiger partial charge is 0.344 e. The summed E-state index contributed by atoms with van der Waals surface area (Å²) in [6, 6.07) is 29.6. The van der Waals surface area contributed by atoms with Crippen molar-refractivity contribution in [2.45, 2.75) is 5.92 Å². The molecule has 0 amide bonds. The van der Waals surface area contributed by atoms with Crippen LogP contribution in [0.1, 0.15) is 22.6 Å². The standard InChI is InChI=1S/C26H17NO4/c28-26-22-10-5-4-9-20(22)21-11-6-12-23(25(21)31-26)24(17-7-2-1-3-8-17)18-13-15-19(16-14-18)27(29)30/h1-16,24H. The van der Waals surface area contributed by atoms with Crippen molar-refractivity contribution in [2.75, 3.05) is 0 Å². The zero-order chi connectivity index (χ0) is 21.4. The lowest BCUT2D eigenvalue weighted by molar-refractivity contribution is -0.384. The third-order valence-electron chi connectivity index (χ3n) is 5.56. The molecule has 0 fully saturated rings. The number of benzene rings is 4. The highest BCUT2D eigenvalue weighted by Gasteiger charge is 2.22. The molecule has 0 aliphatic heterocycles. The van der Waals surface area contributed by atoms with Gasteiger partial charge >= 0.3 is 5.63 Å². The molecule has 0 bridgehead atoms. The van der Waals surface area contributed by atoms with Crippen LogP contribution in [0, 0.1) is 10.1 Å². The van der Waals surface area contributed by atoms with Gasteiger partial charge in [0.15, 0.2) is 0 Å². The van der Waals surface area contributed by atoms with E-state index in [9.17, 15) is 14.9 Å². The number of fused-ring (bicyclic) bond motifs is 3. The Morgan fingerprint density at radius 1 is 0.677 bits per heavy atom. The average Bonchev–Trinajstić information content (AvgIpc) is 2.81. The summed E-state index contributed by atoms with van der Waals surface area (Å²) in [5.41, 5.74) is 2.88. The van der Waals surface area contributed by atoms with Crippen LogP contribution in [0.15, 0.2) is 106 Å². The Kier molecular flexibility index (Phi) is 4.56. The van der Waals surface area contributed by atoms with Crippen molar-refractivity contribution in [1.29, 1.82) is 0 Å². The summed E-state index contributed by atoms with van der Waals surface area (Å²) >= 11 is 0. The monoisotopic (exact) mass is 407 g/mol. The van der Waals surface area contributed by atoms with E-state index in [0.717, 1.165) is 27.5 Å². The van der Waals surface area contributed by atoms with Gasteiger partial charge in [0.25, 0.3) is 5.69 Å². The van der Waals surface area contributed by atoms with Crippen LogP contribution in [0.2, 0.25) is 0 Å². The van der Waals surface area contributed by atoms with E-state index in [-0.39, 0.29) is 17.2 Å². The first-order chi connectivity index (χ1) is 15.1. The molecule has 5 heteroatoms. The molecule has 1 atom stereocenters. The van der Waals surface area contributed by atoms with Crippen LogP contribution in [0.5, 0.6) is 0 Å². The number of nitro groups is 1. The SMILES string of the molecule is O=c1oc2c(C(c3ccccc3)c3ccc([N+](=O)[O-])cc3)cccc2c2ccccc12. The number of nitrogens with zero attached hydrogens (tertiary/aromatic N) is 1. The first-order valence-electron chi connectivity index (χ1n) is 9.87. The Morgan fingerprint density at radius 2 is 1.29 bits per heavy atom. The van der Waals surface area contributed by atoms with Crippen molar-refractivity contribution in [3.05, 3.63) is 134 Å². The maximum absolute atomic E-state index is 12.7. The molecule has 1 unspecified atom stereocenters. The highest BCUT2D eigenvalue weighted by molar-refractivity contribution is 6.05. The van der Waals surface area contributed by atoms with Gasteiger partial charge in [-0.3, -0.25) is 10.1 Å². The van der Waals surface area contributed by atoms with Gasteiger partial charge in [-0.1, -0.05) is 78.9 Å². The van der Waals surface area contributed by atoms with Crippen molar-refractivity contribution in [3.8, 4) is 0 Å². The minimum atomic E-state index is -0.412. The first-order valence-corrected chi connectivity index (χ1v) is 9.87. The molecule has 0 aliphatic rings. The Morgan fingerprint density at radius 3 is 2.00 bits per heavy atom. The van der Waals surface area contributed by atoms with Gasteiger partial charge in [-0.15, -0.1) is 0 Å². The largest absolute Gasteiger partial charge is 0.422 e. The number of hydrogen-bond donors (Lipinski definition) is 0. The van der Waals surface area contributed by atoms with E-state index in [4.69, 9.17) is 4.42 Å². The molecule has 0 saturated carbocycles. The Bertz CT molecular complexity index is 1470. The number of para-hydroxylation sites is 1. The molecule has 5 rings (SSSR count). The second-order valence-electron chi connectivity index (χ2n) is 7.35. The van der Waals surface area contributed by atoms with Crippen molar-refractivity contribution in [2.24, 2.45) is 0 Å². The fourth-order valence-corrected chi connectivity index (χ4v) is 4.14. The van der Waals surface area contributed by atoms with Gasteiger partial charge in [0.05, 0.1) is 10.3 Å². The lowest BCUT2D eigenvalue weighted by atomic mass is 9.84. The molecule has 0 spiro atoms. The van der Waals surface area contributed by atoms with Crippen molar-refractivity contribution >= 4 is 27.4 Å². The average molecular weight is 407 g/mol. The molecular formula is C26H17NO4. The first kappa shape index (κ1) is 18.8. The lowest BCUT2D eigenvalue weighted by Crippen LogP contribution is -2.07. The zero-order valence-corrected chi connectivity index (χ0v) is 16.4. The number of nitro benzene ring substituents is 1. The van der Waals surface area contributed by atoms with E-state index >= 15 is 0 Å². The van der Waals surface area contributed by atoms with Crippen molar-refractivity contribution < 1.29 is 9.34 Å². The van der Waals surface area contributed by atoms with E-state index in [1.165, 1.54) is 12.1 Å². The topological polar surface area (TPSA) is 73.3 Å². The highest BCUT2D eigenvalue weighted by Crippen LogP contribution is 2.37. The molecule has 31 heavy (non-hydrogen) atoms. The van der Waals surface area contributed by atoms with Gasteiger partial charge in [0.1, 0.15) is 5.58 Å². The second kappa shape index (κ2) is 7.54. The van der Waals surface area contributed by atoms with E-state index < -0.39 is 4.92 Å². The van der Waals surface area contributed by atoms with Crippen LogP contribution in [-0.4, -0.2) is 4.92 Å². The van der Waals surface area contributed by atoms with Crippen LogP contribution in [0.4, 0.5) is 5.69 Å². The van der Waals surface area contributed by atoms with Gasteiger partial charge < -0.3 is 4.42 Å². The van der Waals surface area contributed by atoms with E-state index in [2.05, 4.69) is 0 Å². The molecule has 0 N–H and O–H groups in total. The minimum Gasteiger partial charge on any atom is -0.422 e. The van der Waals surface area contributed by atoms with Crippen molar-refractivity contribution in [1.82, 2.24) is 0 Å². The Balaban J connectivity index is 1.81. The third-order valence-corrected chi connectivity index (χ3v) is 5.56. The van der Waals surface area contributed by atoms with Gasteiger partial charge in [-0.2, -0.15) is 0 Å². The molecule has 0 aliphatic carbocycles. The number of rotatable bonds is 4. The fraction of sp³-hybridized carbons (Fsp3) is 0.0385. The molecule has 0 saturated heterocycles. The molecule has 0 radical (unpaired) electrons. The van der Waals surface area contributed by atoms with E-state index in [1.54, 1.807) is 18.2 Å². The quantitative estimate of drug-likeness (QED) is 0.120. The van der Waals surface area contributed by atoms with Crippen LogP contribution >= 0.6 is 0 Å². The summed E-state index contributed by atoms with van der Waals surface area (Å²) in [5, 5.41) is 13.4. The number of hydrogen-bond acceptors (Lipinski definition) is 4. The Hall–Kier alpha value is -4.25. The summed E-state index contributed by atoms with van der Waals surface area (Å²) in [5.74, 6) is -0.255. The maximum atomic E-state index is 12.7. The Labute approximate surface area is 177 Å². The van der Waals surface area contributed by atoms with Gasteiger partial charge in [0.2, 0.25) is 0 Å². The maximum Gasteiger partial charge on any atom is 0.344 e. The van der Waals surface area contributed by atoms with Crippen LogP contribution in [-0.2, 0) is 0 Å². The van der Waals surface area contributed by atoms with E-state index in [1.807, 2.05) is 66.7 Å². The highest BCUT2D eigenvalue weighted by atomic mass is 16.6. The molecule has 4 aromatic carbocycles. The van der Waals surface area contributed by atoms with Crippen molar-refractivity contribution in [3.63, 3.8) is 0 Å². The molecular weight excluding hydrogens is 390 g/mol. The zero-order valence-electron chi connectivity index (χ0n) is 16.4. The summed E-state index contributed by atoms with van der Waals surface area (Å²) in [6.07, 6.45) is 0. The van der Waals surface area contributed by atoms with Gasteiger partial charge in [-0.05, 0) is 22.6 Å². The predicted octanol–water partition coefficient (Wildman–Crippen LogP) is 6.03. The predicted molar refractivity (Wildman–Crippen MR) is 120 cm³/mol. The van der Waals surface area contributed by atoms with Gasteiger partial charge in [0, 0.05) is 29.0 Å². The summed E-state index contributed by atoms with van der Waals surface area (Å²) in [7, 11) is 0. The summed E-state index contributed by atoms with van der Waals surface area (Å²) in [4.78, 5) is 23.4. The molecule has 5 aromatic rings. The molecule has 150 valence electrons. The van der Waals surface area contributed by atoms with Gasteiger partial charge in [-0.25, -0.2) is 4.79 Å².